The fourth-order valence-electron chi connectivity index (χ4n) is 2.24. The van der Waals surface area contributed by atoms with E-state index in [4.69, 9.17) is 5.73 Å². The number of rotatable bonds is 3. The Labute approximate surface area is 94.7 Å². The average Bonchev–Trinajstić information content (AvgIpc) is 2.97. The van der Waals surface area contributed by atoms with Gasteiger partial charge in [-0.3, -0.25) is 0 Å². The molecule has 88 valence electrons. The summed E-state index contributed by atoms with van der Waals surface area (Å²) in [6, 6.07) is 6.70. The monoisotopic (exact) mass is 225 g/mol. The van der Waals surface area contributed by atoms with Crippen LogP contribution in [0.3, 0.4) is 0 Å². The topological polar surface area (TPSA) is 26.0 Å². The molecule has 2 rings (SSSR count). The molecule has 0 aliphatic heterocycles. The standard InChI is InChI=1S/C13H17F2N/c1-9(16)13(7-8-13)11-5-3-10(4-6-11)12(2,14)15/h3-6,9H,7-8,16H2,1-2H3. The Hall–Kier alpha value is -0.960. The van der Waals surface area contributed by atoms with Crippen molar-refractivity contribution in [3.8, 4) is 0 Å². The van der Waals surface area contributed by atoms with Crippen molar-refractivity contribution in [2.75, 3.05) is 0 Å². The highest BCUT2D eigenvalue weighted by atomic mass is 19.3. The lowest BCUT2D eigenvalue weighted by molar-refractivity contribution is 0.0174. The van der Waals surface area contributed by atoms with Gasteiger partial charge < -0.3 is 5.73 Å². The van der Waals surface area contributed by atoms with Gasteiger partial charge in [0.2, 0.25) is 0 Å². The predicted octanol–water partition coefficient (Wildman–Crippen LogP) is 3.18. The highest BCUT2D eigenvalue weighted by Gasteiger charge is 2.47. The third-order valence-corrected chi connectivity index (χ3v) is 3.63. The highest BCUT2D eigenvalue weighted by molar-refractivity contribution is 5.36. The molecule has 3 heteroatoms. The minimum atomic E-state index is -2.76. The zero-order valence-electron chi connectivity index (χ0n) is 9.63. The van der Waals surface area contributed by atoms with Crippen LogP contribution in [-0.4, -0.2) is 6.04 Å². The lowest BCUT2D eigenvalue weighted by Gasteiger charge is -2.21. The van der Waals surface area contributed by atoms with Crippen LogP contribution in [0.4, 0.5) is 8.78 Å². The fourth-order valence-corrected chi connectivity index (χ4v) is 2.24. The maximum absolute atomic E-state index is 13.0. The minimum absolute atomic E-state index is 0.0432. The smallest absolute Gasteiger partial charge is 0.270 e. The second-order valence-corrected chi connectivity index (χ2v) is 4.91. The lowest BCUT2D eigenvalue weighted by atomic mass is 9.88. The van der Waals surface area contributed by atoms with Gasteiger partial charge in [-0.05, 0) is 25.3 Å². The first kappa shape index (κ1) is 11.5. The molecule has 1 atom stereocenters. The SMILES string of the molecule is CC(N)C1(c2ccc(C(C)(F)F)cc2)CC1. The Morgan fingerprint density at radius 2 is 1.75 bits per heavy atom. The zero-order chi connectivity index (χ0) is 12.0. The summed E-state index contributed by atoms with van der Waals surface area (Å²) >= 11 is 0. The molecule has 0 spiro atoms. The Morgan fingerprint density at radius 1 is 1.25 bits per heavy atom. The number of benzene rings is 1. The van der Waals surface area contributed by atoms with Crippen molar-refractivity contribution in [3.05, 3.63) is 35.4 Å². The van der Waals surface area contributed by atoms with Gasteiger partial charge in [-0.1, -0.05) is 24.3 Å². The molecule has 0 saturated heterocycles. The van der Waals surface area contributed by atoms with Gasteiger partial charge in [-0.15, -0.1) is 0 Å². The van der Waals surface area contributed by atoms with Crippen LogP contribution in [0.1, 0.15) is 37.8 Å². The molecule has 1 fully saturated rings. The Kier molecular flexibility index (Phi) is 2.54. The summed E-state index contributed by atoms with van der Waals surface area (Å²) in [6.07, 6.45) is 2.12. The molecular formula is C13H17F2N. The van der Waals surface area contributed by atoms with Crippen molar-refractivity contribution in [3.63, 3.8) is 0 Å². The van der Waals surface area contributed by atoms with E-state index in [0.29, 0.717) is 0 Å². The number of halogens is 2. The van der Waals surface area contributed by atoms with Crippen LogP contribution in [-0.2, 0) is 11.3 Å². The van der Waals surface area contributed by atoms with Gasteiger partial charge in [-0.2, -0.15) is 0 Å². The summed E-state index contributed by atoms with van der Waals surface area (Å²) < 4.78 is 26.1. The first-order chi connectivity index (χ1) is 7.36. The maximum atomic E-state index is 13.0. The molecule has 0 radical (unpaired) electrons. The summed E-state index contributed by atoms with van der Waals surface area (Å²) in [7, 11) is 0. The maximum Gasteiger partial charge on any atom is 0.270 e. The molecule has 2 N–H and O–H groups in total. The molecule has 1 unspecified atom stereocenters. The van der Waals surface area contributed by atoms with Crippen molar-refractivity contribution < 1.29 is 8.78 Å². The van der Waals surface area contributed by atoms with Crippen molar-refractivity contribution in [2.24, 2.45) is 5.73 Å². The normalized spacial score (nSPS) is 20.6. The van der Waals surface area contributed by atoms with Crippen molar-refractivity contribution in [2.45, 2.75) is 44.1 Å². The number of alkyl halides is 2. The molecule has 1 saturated carbocycles. The molecule has 16 heavy (non-hydrogen) atoms. The van der Waals surface area contributed by atoms with E-state index in [-0.39, 0.29) is 17.0 Å². The molecule has 0 bridgehead atoms. The first-order valence-corrected chi connectivity index (χ1v) is 5.61. The van der Waals surface area contributed by atoms with Gasteiger partial charge >= 0.3 is 0 Å². The first-order valence-electron chi connectivity index (χ1n) is 5.61. The van der Waals surface area contributed by atoms with Crippen LogP contribution in [0.2, 0.25) is 0 Å². The average molecular weight is 225 g/mol. The zero-order valence-corrected chi connectivity index (χ0v) is 9.63. The second-order valence-electron chi connectivity index (χ2n) is 4.91. The van der Waals surface area contributed by atoms with E-state index in [2.05, 4.69) is 0 Å². The van der Waals surface area contributed by atoms with E-state index in [9.17, 15) is 8.78 Å². The predicted molar refractivity (Wildman–Crippen MR) is 60.6 cm³/mol. The number of nitrogens with two attached hydrogens (primary N) is 1. The van der Waals surface area contributed by atoms with Gasteiger partial charge in [0.05, 0.1) is 0 Å². The fraction of sp³-hybridized carbons (Fsp3) is 0.538. The van der Waals surface area contributed by atoms with Crippen LogP contribution in [0.5, 0.6) is 0 Å². The molecule has 0 amide bonds. The lowest BCUT2D eigenvalue weighted by Crippen LogP contribution is -2.31. The van der Waals surface area contributed by atoms with Crippen LogP contribution >= 0.6 is 0 Å². The molecule has 0 heterocycles. The Morgan fingerprint density at radius 3 is 2.06 bits per heavy atom. The van der Waals surface area contributed by atoms with Gasteiger partial charge in [-0.25, -0.2) is 8.78 Å². The van der Waals surface area contributed by atoms with E-state index in [1.165, 1.54) is 12.1 Å². The van der Waals surface area contributed by atoms with Crippen LogP contribution in [0.25, 0.3) is 0 Å². The van der Waals surface area contributed by atoms with Gasteiger partial charge in [0.1, 0.15) is 0 Å². The Balaban J connectivity index is 2.27. The molecular weight excluding hydrogens is 208 g/mol. The third kappa shape index (κ3) is 1.84. The Bertz CT molecular complexity index is 372. The van der Waals surface area contributed by atoms with E-state index in [0.717, 1.165) is 25.3 Å². The third-order valence-electron chi connectivity index (χ3n) is 3.63. The van der Waals surface area contributed by atoms with E-state index < -0.39 is 5.92 Å². The van der Waals surface area contributed by atoms with E-state index in [1.807, 2.05) is 6.92 Å². The van der Waals surface area contributed by atoms with Crippen LogP contribution in [0.15, 0.2) is 24.3 Å². The van der Waals surface area contributed by atoms with Crippen molar-refractivity contribution >= 4 is 0 Å². The van der Waals surface area contributed by atoms with Gasteiger partial charge in [0.25, 0.3) is 5.92 Å². The molecule has 1 aromatic carbocycles. The quantitative estimate of drug-likeness (QED) is 0.840. The molecule has 1 aliphatic rings. The summed E-state index contributed by atoms with van der Waals surface area (Å²) in [5.41, 5.74) is 7.14. The molecule has 1 aromatic rings. The van der Waals surface area contributed by atoms with E-state index in [1.54, 1.807) is 12.1 Å². The van der Waals surface area contributed by atoms with Crippen molar-refractivity contribution in [1.82, 2.24) is 0 Å². The van der Waals surface area contributed by atoms with Crippen LogP contribution < -0.4 is 5.73 Å². The molecule has 0 aromatic heterocycles. The summed E-state index contributed by atoms with van der Waals surface area (Å²) in [5, 5.41) is 0. The summed E-state index contributed by atoms with van der Waals surface area (Å²) in [6.45, 7) is 2.90. The molecule has 1 nitrogen and oxygen atoms in total. The highest BCUT2D eigenvalue weighted by Crippen LogP contribution is 2.50. The largest absolute Gasteiger partial charge is 0.327 e. The molecule has 1 aliphatic carbocycles. The minimum Gasteiger partial charge on any atom is -0.327 e. The van der Waals surface area contributed by atoms with Gasteiger partial charge in [0, 0.05) is 23.9 Å². The van der Waals surface area contributed by atoms with Gasteiger partial charge in [0.15, 0.2) is 0 Å². The van der Waals surface area contributed by atoms with Crippen molar-refractivity contribution in [1.29, 1.82) is 0 Å². The van der Waals surface area contributed by atoms with Crippen LogP contribution in [0, 0.1) is 0 Å². The second kappa shape index (κ2) is 3.52. The summed E-state index contributed by atoms with van der Waals surface area (Å²) in [5.74, 6) is -2.76. The number of hydrogen-bond donors (Lipinski definition) is 1. The number of hydrogen-bond acceptors (Lipinski definition) is 1. The van der Waals surface area contributed by atoms with E-state index >= 15 is 0 Å². The summed E-state index contributed by atoms with van der Waals surface area (Å²) in [4.78, 5) is 0.